The maximum absolute atomic E-state index is 13.2. The molecule has 0 bridgehead atoms. The summed E-state index contributed by atoms with van der Waals surface area (Å²) in [7, 11) is 0. The first-order chi connectivity index (χ1) is 13.6. The summed E-state index contributed by atoms with van der Waals surface area (Å²) in [6, 6.07) is 15.9. The number of amides is 1. The molecule has 0 saturated carbocycles. The lowest BCUT2D eigenvalue weighted by atomic mass is 9.96. The van der Waals surface area contributed by atoms with Gasteiger partial charge in [-0.25, -0.2) is 4.39 Å². The van der Waals surface area contributed by atoms with Gasteiger partial charge in [-0.15, -0.1) is 5.10 Å². The van der Waals surface area contributed by atoms with Gasteiger partial charge in [0.1, 0.15) is 11.5 Å². The van der Waals surface area contributed by atoms with E-state index in [1.807, 2.05) is 18.2 Å². The number of aryl methyl sites for hydroxylation is 1. The van der Waals surface area contributed by atoms with Gasteiger partial charge >= 0.3 is 0 Å². The topological polar surface area (TPSA) is 72.7 Å². The smallest absolute Gasteiger partial charge is 0.270 e. The molecule has 3 rings (SSSR count). The molecule has 3 aromatic rings. The number of aromatic nitrogens is 4. The van der Waals surface area contributed by atoms with Crippen molar-refractivity contribution in [2.45, 2.75) is 26.2 Å². The molecule has 0 aliphatic heterocycles. The molecule has 2 aromatic carbocycles. The molecule has 0 aliphatic carbocycles. The molecule has 7 heteroatoms. The maximum atomic E-state index is 13.2. The number of benzene rings is 2. The number of carbonyl (C=O) groups is 1. The fourth-order valence-electron chi connectivity index (χ4n) is 2.92. The predicted molar refractivity (Wildman–Crippen MR) is 106 cm³/mol. The van der Waals surface area contributed by atoms with Crippen molar-refractivity contribution in [3.05, 3.63) is 77.4 Å². The molecule has 1 heterocycles. The Morgan fingerprint density at radius 3 is 2.50 bits per heavy atom. The van der Waals surface area contributed by atoms with E-state index in [-0.39, 0.29) is 23.3 Å². The van der Waals surface area contributed by atoms with Crippen LogP contribution in [0.4, 0.5) is 4.39 Å². The van der Waals surface area contributed by atoms with Crippen molar-refractivity contribution in [2.75, 3.05) is 6.54 Å². The lowest BCUT2D eigenvalue weighted by molar-refractivity contribution is -0.116. The van der Waals surface area contributed by atoms with Gasteiger partial charge in [0.25, 0.3) is 5.91 Å². The van der Waals surface area contributed by atoms with Gasteiger partial charge in [0.05, 0.1) is 0 Å². The van der Waals surface area contributed by atoms with Crippen LogP contribution in [0.15, 0.2) is 54.6 Å². The van der Waals surface area contributed by atoms with Crippen LogP contribution in [0.1, 0.15) is 36.2 Å². The molecular weight excluding hydrogens is 357 g/mol. The quantitative estimate of drug-likeness (QED) is 0.639. The molecule has 6 nitrogen and oxygen atoms in total. The Balaban J connectivity index is 1.83. The predicted octanol–water partition coefficient (Wildman–Crippen LogP) is 3.43. The molecule has 0 spiro atoms. The van der Waals surface area contributed by atoms with E-state index in [4.69, 9.17) is 0 Å². The molecule has 144 valence electrons. The van der Waals surface area contributed by atoms with E-state index in [9.17, 15) is 9.18 Å². The maximum Gasteiger partial charge on any atom is 0.270 e. The molecule has 0 unspecified atom stereocenters. The van der Waals surface area contributed by atoms with E-state index < -0.39 is 0 Å². The third kappa shape index (κ3) is 4.68. The van der Waals surface area contributed by atoms with Crippen molar-refractivity contribution < 1.29 is 9.18 Å². The Morgan fingerprint density at radius 2 is 1.89 bits per heavy atom. The Kier molecular flexibility index (Phi) is 6.26. The second-order valence-corrected chi connectivity index (χ2v) is 6.44. The second-order valence-electron chi connectivity index (χ2n) is 6.44. The molecule has 0 saturated heterocycles. The monoisotopic (exact) mass is 379 g/mol. The normalized spacial score (nSPS) is 12.6. The summed E-state index contributed by atoms with van der Waals surface area (Å²) in [6.07, 6.45) is 2.53. The van der Waals surface area contributed by atoms with Gasteiger partial charge in [-0.3, -0.25) is 4.79 Å². The van der Waals surface area contributed by atoms with E-state index in [2.05, 4.69) is 39.9 Å². The first-order valence-corrected chi connectivity index (χ1v) is 9.14. The van der Waals surface area contributed by atoms with E-state index >= 15 is 0 Å². The number of halogens is 1. The number of rotatable bonds is 7. The molecule has 0 radical (unpaired) electrons. The third-order valence-electron chi connectivity index (χ3n) is 4.53. The number of nitrogens with one attached hydrogen (secondary N) is 1. The summed E-state index contributed by atoms with van der Waals surface area (Å²) in [5, 5.41) is 14.4. The molecule has 1 aromatic heterocycles. The Hall–Kier alpha value is -3.35. The Morgan fingerprint density at radius 1 is 1.18 bits per heavy atom. The largest absolute Gasteiger partial charge is 0.350 e. The van der Waals surface area contributed by atoms with Crippen molar-refractivity contribution in [1.29, 1.82) is 0 Å². The fourth-order valence-corrected chi connectivity index (χ4v) is 2.92. The second kappa shape index (κ2) is 9.03. The highest BCUT2D eigenvalue weighted by Gasteiger charge is 2.18. The number of tetrazole rings is 1. The van der Waals surface area contributed by atoms with Gasteiger partial charge in [-0.05, 0) is 53.1 Å². The Labute approximate surface area is 163 Å². The standard InChI is InChI=1S/C21H22FN5O/c1-3-17(18-7-5-4-6-8-18)14-23-21(28)20(27-15(2)24-25-26-27)13-16-9-11-19(22)12-10-16/h4-13,17H,3,14H2,1-2H3,(H,23,28)/b20-13+/t17-/m0/s1. The molecule has 0 aliphatic rings. The lowest BCUT2D eigenvalue weighted by Crippen LogP contribution is -2.31. The zero-order valence-electron chi connectivity index (χ0n) is 15.8. The summed E-state index contributed by atoms with van der Waals surface area (Å²) >= 11 is 0. The number of carbonyl (C=O) groups excluding carboxylic acids is 1. The van der Waals surface area contributed by atoms with Gasteiger partial charge < -0.3 is 5.32 Å². The van der Waals surface area contributed by atoms with Crippen LogP contribution in [-0.4, -0.2) is 32.7 Å². The summed E-state index contributed by atoms with van der Waals surface area (Å²) in [4.78, 5) is 12.9. The van der Waals surface area contributed by atoms with Crippen LogP contribution in [0.5, 0.6) is 0 Å². The third-order valence-corrected chi connectivity index (χ3v) is 4.53. The lowest BCUT2D eigenvalue weighted by Gasteiger charge is -2.17. The zero-order chi connectivity index (χ0) is 19.9. The minimum atomic E-state index is -0.338. The van der Waals surface area contributed by atoms with Crippen molar-refractivity contribution in [1.82, 2.24) is 25.5 Å². The summed E-state index contributed by atoms with van der Waals surface area (Å²) in [6.45, 7) is 4.29. The number of hydrogen-bond acceptors (Lipinski definition) is 4. The molecule has 28 heavy (non-hydrogen) atoms. The molecule has 1 amide bonds. The van der Waals surface area contributed by atoms with Gasteiger partial charge in [-0.1, -0.05) is 49.4 Å². The summed E-state index contributed by atoms with van der Waals surface area (Å²) < 4.78 is 14.6. The van der Waals surface area contributed by atoms with Gasteiger partial charge in [0.15, 0.2) is 5.82 Å². The van der Waals surface area contributed by atoms with Crippen LogP contribution in [0, 0.1) is 12.7 Å². The average Bonchev–Trinajstić information content (AvgIpc) is 3.14. The van der Waals surface area contributed by atoms with E-state index in [1.165, 1.54) is 22.4 Å². The van der Waals surface area contributed by atoms with Crippen LogP contribution in [0.3, 0.4) is 0 Å². The zero-order valence-corrected chi connectivity index (χ0v) is 15.8. The van der Waals surface area contributed by atoms with Crippen LogP contribution in [0.2, 0.25) is 0 Å². The van der Waals surface area contributed by atoms with E-state index in [0.29, 0.717) is 17.9 Å². The van der Waals surface area contributed by atoms with Crippen molar-refractivity contribution in [3.8, 4) is 0 Å². The number of hydrogen-bond donors (Lipinski definition) is 1. The van der Waals surface area contributed by atoms with Gasteiger partial charge in [-0.2, -0.15) is 4.68 Å². The molecule has 0 fully saturated rings. The SMILES string of the molecule is CC[C@@H](CNC(=O)/C(=C\c1ccc(F)cc1)n1nnnc1C)c1ccccc1. The minimum Gasteiger partial charge on any atom is -0.350 e. The van der Waals surface area contributed by atoms with Gasteiger partial charge in [0, 0.05) is 12.5 Å². The summed E-state index contributed by atoms with van der Waals surface area (Å²) in [5.41, 5.74) is 2.13. The molecule has 1 atom stereocenters. The van der Waals surface area contributed by atoms with E-state index in [1.54, 1.807) is 25.1 Å². The fraction of sp³-hybridized carbons (Fsp3) is 0.238. The van der Waals surface area contributed by atoms with Crippen LogP contribution in [0.25, 0.3) is 11.8 Å². The average molecular weight is 379 g/mol. The number of nitrogens with zero attached hydrogens (tertiary/aromatic N) is 4. The van der Waals surface area contributed by atoms with Crippen molar-refractivity contribution in [3.63, 3.8) is 0 Å². The van der Waals surface area contributed by atoms with Crippen LogP contribution >= 0.6 is 0 Å². The van der Waals surface area contributed by atoms with Crippen LogP contribution < -0.4 is 5.32 Å². The van der Waals surface area contributed by atoms with Crippen molar-refractivity contribution >= 4 is 17.7 Å². The molecule has 1 N–H and O–H groups in total. The highest BCUT2D eigenvalue weighted by Crippen LogP contribution is 2.19. The molecular formula is C21H22FN5O. The first-order valence-electron chi connectivity index (χ1n) is 9.14. The van der Waals surface area contributed by atoms with E-state index in [0.717, 1.165) is 6.42 Å². The first kappa shape index (κ1) is 19.4. The minimum absolute atomic E-state index is 0.201. The summed E-state index contributed by atoms with van der Waals surface area (Å²) in [5.74, 6) is 0.0512. The Bertz CT molecular complexity index is 950. The van der Waals surface area contributed by atoms with Crippen molar-refractivity contribution in [2.24, 2.45) is 0 Å². The highest BCUT2D eigenvalue weighted by atomic mass is 19.1. The van der Waals surface area contributed by atoms with Crippen LogP contribution in [-0.2, 0) is 4.79 Å². The highest BCUT2D eigenvalue weighted by molar-refractivity contribution is 6.18. The van der Waals surface area contributed by atoms with Gasteiger partial charge in [0.2, 0.25) is 0 Å².